The number of rotatable bonds is 1. The first-order chi connectivity index (χ1) is 7.65. The second-order valence-corrected chi connectivity index (χ2v) is 3.70. The number of nitrogens with one attached hydrogen (secondary N) is 2. The van der Waals surface area contributed by atoms with Gasteiger partial charge in [-0.15, -0.1) is 0 Å². The van der Waals surface area contributed by atoms with E-state index in [2.05, 4.69) is 10.6 Å². The Balaban J connectivity index is 2.25. The van der Waals surface area contributed by atoms with Crippen molar-refractivity contribution >= 4 is 17.9 Å². The maximum absolute atomic E-state index is 11.4. The van der Waals surface area contributed by atoms with Crippen molar-refractivity contribution in [1.29, 1.82) is 0 Å². The highest BCUT2D eigenvalue weighted by atomic mass is 16.2. The van der Waals surface area contributed by atoms with Crippen LogP contribution in [0.1, 0.15) is 11.1 Å². The number of amides is 2. The lowest BCUT2D eigenvalue weighted by Crippen LogP contribution is -2.46. The molecule has 4 heteroatoms. The predicted octanol–water partition coefficient (Wildman–Crippen LogP) is 0.582. The van der Waals surface area contributed by atoms with Gasteiger partial charge in [0, 0.05) is 0 Å². The summed E-state index contributed by atoms with van der Waals surface area (Å²) in [6.07, 6.45) is 1.66. The summed E-state index contributed by atoms with van der Waals surface area (Å²) in [6, 6.07) is 7.71. The number of carbonyl (C=O) groups excluding carboxylic acids is 2. The molecule has 2 N–H and O–H groups in total. The van der Waals surface area contributed by atoms with E-state index < -0.39 is 0 Å². The van der Waals surface area contributed by atoms with Crippen LogP contribution < -0.4 is 10.6 Å². The lowest BCUT2D eigenvalue weighted by atomic mass is 10.1. The first-order valence-electron chi connectivity index (χ1n) is 5.01. The van der Waals surface area contributed by atoms with Crippen molar-refractivity contribution in [2.75, 3.05) is 6.54 Å². The normalized spacial score (nSPS) is 18.2. The summed E-state index contributed by atoms with van der Waals surface area (Å²) in [5.74, 6) is -0.446. The molecule has 0 atom stereocenters. The fourth-order valence-electron chi connectivity index (χ4n) is 1.44. The van der Waals surface area contributed by atoms with Crippen LogP contribution in [0.15, 0.2) is 30.0 Å². The summed E-state index contributed by atoms with van der Waals surface area (Å²) >= 11 is 0. The Bertz CT molecular complexity index is 460. The highest BCUT2D eigenvalue weighted by Crippen LogP contribution is 2.08. The average molecular weight is 216 g/mol. The molecule has 1 fully saturated rings. The van der Waals surface area contributed by atoms with Crippen LogP contribution in [-0.4, -0.2) is 18.4 Å². The number of aryl methyl sites for hydroxylation is 1. The van der Waals surface area contributed by atoms with E-state index in [9.17, 15) is 9.59 Å². The van der Waals surface area contributed by atoms with Gasteiger partial charge in [-0.3, -0.25) is 9.59 Å². The minimum absolute atomic E-state index is 0.0457. The van der Waals surface area contributed by atoms with Crippen LogP contribution in [0, 0.1) is 6.92 Å². The van der Waals surface area contributed by atoms with Crippen LogP contribution in [0.3, 0.4) is 0 Å². The van der Waals surface area contributed by atoms with E-state index in [1.807, 2.05) is 31.2 Å². The fourth-order valence-corrected chi connectivity index (χ4v) is 1.44. The molecule has 1 saturated heterocycles. The Morgan fingerprint density at radius 3 is 2.56 bits per heavy atom. The monoisotopic (exact) mass is 216 g/mol. The van der Waals surface area contributed by atoms with E-state index in [0.29, 0.717) is 5.70 Å². The van der Waals surface area contributed by atoms with Crippen molar-refractivity contribution in [1.82, 2.24) is 10.6 Å². The van der Waals surface area contributed by atoms with Crippen LogP contribution in [0.5, 0.6) is 0 Å². The van der Waals surface area contributed by atoms with E-state index in [1.165, 1.54) is 0 Å². The fraction of sp³-hybridized carbons (Fsp3) is 0.167. The molecule has 0 unspecified atom stereocenters. The third-order valence-corrected chi connectivity index (χ3v) is 2.32. The van der Waals surface area contributed by atoms with Crippen molar-refractivity contribution in [2.45, 2.75) is 6.92 Å². The molecular weight excluding hydrogens is 204 g/mol. The topological polar surface area (TPSA) is 58.2 Å². The number of hydrogen-bond donors (Lipinski definition) is 2. The van der Waals surface area contributed by atoms with E-state index in [-0.39, 0.29) is 18.4 Å². The number of hydrogen-bond acceptors (Lipinski definition) is 2. The van der Waals surface area contributed by atoms with E-state index in [4.69, 9.17) is 0 Å². The van der Waals surface area contributed by atoms with Gasteiger partial charge in [-0.05, 0) is 18.6 Å². The Labute approximate surface area is 93.3 Å². The first-order valence-corrected chi connectivity index (χ1v) is 5.01. The third kappa shape index (κ3) is 2.28. The first kappa shape index (κ1) is 10.4. The molecule has 1 aromatic rings. The molecule has 0 aromatic heterocycles. The molecule has 4 nitrogen and oxygen atoms in total. The smallest absolute Gasteiger partial charge is 0.268 e. The molecule has 82 valence electrons. The minimum atomic E-state index is -0.250. The zero-order valence-electron chi connectivity index (χ0n) is 8.91. The van der Waals surface area contributed by atoms with E-state index in [1.54, 1.807) is 6.08 Å². The Morgan fingerprint density at radius 2 is 1.88 bits per heavy atom. The molecule has 0 bridgehead atoms. The maximum atomic E-state index is 11.4. The molecular formula is C12H12N2O2. The molecule has 2 amide bonds. The van der Waals surface area contributed by atoms with Gasteiger partial charge < -0.3 is 10.6 Å². The van der Waals surface area contributed by atoms with Gasteiger partial charge in [0.25, 0.3) is 5.91 Å². The van der Waals surface area contributed by atoms with E-state index in [0.717, 1.165) is 11.1 Å². The second kappa shape index (κ2) is 4.18. The summed E-state index contributed by atoms with van der Waals surface area (Å²) in [7, 11) is 0. The largest absolute Gasteiger partial charge is 0.342 e. The lowest BCUT2D eigenvalue weighted by molar-refractivity contribution is -0.127. The van der Waals surface area contributed by atoms with Crippen molar-refractivity contribution in [3.05, 3.63) is 41.1 Å². The van der Waals surface area contributed by atoms with Crippen molar-refractivity contribution in [3.63, 3.8) is 0 Å². The standard InChI is InChI=1S/C12H12N2O2/c1-8-2-4-9(5-3-8)6-10-12(16)13-7-11(15)14-10/h2-6H,7H2,1H3,(H,13,16)(H,14,15)/b10-6+. The molecule has 1 aliphatic heterocycles. The third-order valence-electron chi connectivity index (χ3n) is 2.32. The zero-order valence-corrected chi connectivity index (χ0v) is 8.91. The Hall–Kier alpha value is -2.10. The Kier molecular flexibility index (Phi) is 2.72. The van der Waals surface area contributed by atoms with Crippen LogP contribution in [-0.2, 0) is 9.59 Å². The molecule has 0 radical (unpaired) electrons. The summed E-state index contributed by atoms with van der Waals surface area (Å²) in [6.45, 7) is 2.04. The van der Waals surface area contributed by atoms with Gasteiger partial charge in [0.05, 0.1) is 6.54 Å². The number of carbonyl (C=O) groups is 2. The number of piperazine rings is 1. The number of benzene rings is 1. The molecule has 2 rings (SSSR count). The molecule has 16 heavy (non-hydrogen) atoms. The van der Waals surface area contributed by atoms with Crippen molar-refractivity contribution in [3.8, 4) is 0 Å². The summed E-state index contributed by atoms with van der Waals surface area (Å²) in [5, 5.41) is 5.03. The zero-order chi connectivity index (χ0) is 11.5. The minimum Gasteiger partial charge on any atom is -0.342 e. The van der Waals surface area contributed by atoms with Gasteiger partial charge in [-0.25, -0.2) is 0 Å². The lowest BCUT2D eigenvalue weighted by Gasteiger charge is -2.15. The molecule has 0 aliphatic carbocycles. The molecule has 0 saturated carbocycles. The second-order valence-electron chi connectivity index (χ2n) is 3.70. The summed E-state index contributed by atoms with van der Waals surface area (Å²) in [4.78, 5) is 22.5. The predicted molar refractivity (Wildman–Crippen MR) is 60.3 cm³/mol. The molecule has 0 spiro atoms. The van der Waals surface area contributed by atoms with Gasteiger partial charge in [-0.1, -0.05) is 29.8 Å². The summed E-state index contributed by atoms with van der Waals surface area (Å²) < 4.78 is 0. The molecule has 1 aromatic carbocycles. The van der Waals surface area contributed by atoms with Crippen molar-refractivity contribution in [2.24, 2.45) is 0 Å². The maximum Gasteiger partial charge on any atom is 0.268 e. The van der Waals surface area contributed by atoms with Crippen LogP contribution in [0.4, 0.5) is 0 Å². The van der Waals surface area contributed by atoms with Gasteiger partial charge in [-0.2, -0.15) is 0 Å². The van der Waals surface area contributed by atoms with Crippen molar-refractivity contribution < 1.29 is 9.59 Å². The van der Waals surface area contributed by atoms with E-state index >= 15 is 0 Å². The highest BCUT2D eigenvalue weighted by molar-refractivity contribution is 6.05. The Morgan fingerprint density at radius 1 is 1.19 bits per heavy atom. The average Bonchev–Trinajstić information content (AvgIpc) is 2.27. The van der Waals surface area contributed by atoms with Gasteiger partial charge in [0.15, 0.2) is 0 Å². The molecule has 1 aliphatic rings. The highest BCUT2D eigenvalue weighted by Gasteiger charge is 2.18. The van der Waals surface area contributed by atoms with Crippen LogP contribution in [0.25, 0.3) is 6.08 Å². The SMILES string of the molecule is Cc1ccc(/C=C2/NC(=O)CNC2=O)cc1. The molecule has 1 heterocycles. The quantitative estimate of drug-likeness (QED) is 0.675. The van der Waals surface area contributed by atoms with Gasteiger partial charge in [0.1, 0.15) is 5.70 Å². The van der Waals surface area contributed by atoms with Gasteiger partial charge in [0.2, 0.25) is 5.91 Å². The van der Waals surface area contributed by atoms with Gasteiger partial charge >= 0.3 is 0 Å². The van der Waals surface area contributed by atoms with Crippen LogP contribution >= 0.6 is 0 Å². The summed E-state index contributed by atoms with van der Waals surface area (Å²) in [5.41, 5.74) is 2.33. The van der Waals surface area contributed by atoms with Crippen LogP contribution in [0.2, 0.25) is 0 Å².